The minimum Gasteiger partial charge on any atom is -0.451 e. The van der Waals surface area contributed by atoms with Crippen LogP contribution < -0.4 is 10.2 Å². The van der Waals surface area contributed by atoms with Crippen LogP contribution in [0.25, 0.3) is 10.1 Å². The molecular formula is C21H18Cl2N2O4S. The molecule has 1 N–H and O–H groups in total. The first-order valence-corrected chi connectivity index (χ1v) is 10.9. The number of anilines is 2. The Hall–Kier alpha value is -2.32. The molecule has 1 fully saturated rings. The standard InChI is InChI=1S/C21H18Cl2N2O4S/c22-13-1-6-16-17(11-13)30-20(19(16)23)21(27)29-12-18(26)24-14-2-4-15(5-3-14)25-7-9-28-10-8-25/h1-6,11H,7-10,12H2,(H,24,26). The average molecular weight is 465 g/mol. The van der Waals surface area contributed by atoms with Crippen molar-refractivity contribution in [2.24, 2.45) is 0 Å². The Balaban J connectivity index is 1.33. The molecule has 2 aromatic carbocycles. The van der Waals surface area contributed by atoms with Crippen LogP contribution in [0.5, 0.6) is 0 Å². The lowest BCUT2D eigenvalue weighted by atomic mass is 10.2. The Morgan fingerprint density at radius 3 is 2.57 bits per heavy atom. The summed E-state index contributed by atoms with van der Waals surface area (Å²) in [5.74, 6) is -1.07. The lowest BCUT2D eigenvalue weighted by Crippen LogP contribution is -2.36. The van der Waals surface area contributed by atoms with E-state index in [1.54, 1.807) is 18.2 Å². The minimum atomic E-state index is -0.643. The number of halogens is 2. The maximum atomic E-state index is 12.4. The number of hydrogen-bond acceptors (Lipinski definition) is 6. The van der Waals surface area contributed by atoms with Gasteiger partial charge in [0.2, 0.25) is 0 Å². The molecule has 0 aliphatic carbocycles. The Bertz CT molecular complexity index is 1080. The molecular weight excluding hydrogens is 447 g/mol. The molecule has 6 nitrogen and oxygen atoms in total. The van der Waals surface area contributed by atoms with Crippen LogP contribution in [-0.4, -0.2) is 44.8 Å². The van der Waals surface area contributed by atoms with Crippen molar-refractivity contribution in [3.05, 3.63) is 57.4 Å². The molecule has 4 rings (SSSR count). The number of ether oxygens (including phenoxy) is 2. The van der Waals surface area contributed by atoms with Crippen LogP contribution in [0.4, 0.5) is 11.4 Å². The van der Waals surface area contributed by atoms with Crippen molar-refractivity contribution in [3.63, 3.8) is 0 Å². The average Bonchev–Trinajstić information content (AvgIpc) is 3.09. The number of thiophene rings is 1. The monoisotopic (exact) mass is 464 g/mol. The van der Waals surface area contributed by atoms with Gasteiger partial charge in [0.15, 0.2) is 6.61 Å². The first-order valence-electron chi connectivity index (χ1n) is 9.28. The van der Waals surface area contributed by atoms with E-state index in [1.165, 1.54) is 11.3 Å². The third-order valence-electron chi connectivity index (χ3n) is 4.64. The highest BCUT2D eigenvalue weighted by atomic mass is 35.5. The number of rotatable bonds is 5. The number of nitrogens with one attached hydrogen (secondary N) is 1. The number of carbonyl (C=O) groups excluding carboxylic acids is 2. The number of fused-ring (bicyclic) bond motifs is 1. The second-order valence-corrected chi connectivity index (χ2v) is 8.52. The highest BCUT2D eigenvalue weighted by Crippen LogP contribution is 2.37. The SMILES string of the molecule is O=C(COC(=O)c1sc2cc(Cl)ccc2c1Cl)Nc1ccc(N2CCOCC2)cc1. The van der Waals surface area contributed by atoms with Gasteiger partial charge in [-0.3, -0.25) is 4.79 Å². The molecule has 0 radical (unpaired) electrons. The fourth-order valence-electron chi connectivity index (χ4n) is 3.14. The number of carbonyl (C=O) groups is 2. The molecule has 1 aliphatic rings. The van der Waals surface area contributed by atoms with E-state index in [2.05, 4.69) is 10.2 Å². The Kier molecular flexibility index (Phi) is 6.43. The maximum absolute atomic E-state index is 12.4. The van der Waals surface area contributed by atoms with E-state index in [4.69, 9.17) is 32.7 Å². The van der Waals surface area contributed by atoms with Crippen LogP contribution in [-0.2, 0) is 14.3 Å². The van der Waals surface area contributed by atoms with Gasteiger partial charge in [-0.1, -0.05) is 29.3 Å². The van der Waals surface area contributed by atoms with Gasteiger partial charge in [-0.2, -0.15) is 0 Å². The van der Waals surface area contributed by atoms with E-state index < -0.39 is 18.5 Å². The molecule has 2 heterocycles. The summed E-state index contributed by atoms with van der Waals surface area (Å²) >= 11 is 13.4. The number of amides is 1. The summed E-state index contributed by atoms with van der Waals surface area (Å²) in [6.45, 7) is 2.69. The zero-order chi connectivity index (χ0) is 21.1. The summed E-state index contributed by atoms with van der Waals surface area (Å²) in [7, 11) is 0. The fraction of sp³-hybridized carbons (Fsp3) is 0.238. The molecule has 3 aromatic rings. The van der Waals surface area contributed by atoms with Gasteiger partial charge >= 0.3 is 5.97 Å². The molecule has 0 atom stereocenters. The van der Waals surface area contributed by atoms with Gasteiger partial charge in [0, 0.05) is 39.6 Å². The van der Waals surface area contributed by atoms with E-state index in [0.29, 0.717) is 28.9 Å². The van der Waals surface area contributed by atoms with Crippen molar-refractivity contribution in [3.8, 4) is 0 Å². The van der Waals surface area contributed by atoms with Crippen LogP contribution in [0.2, 0.25) is 10.0 Å². The molecule has 1 saturated heterocycles. The molecule has 0 saturated carbocycles. The quantitative estimate of drug-likeness (QED) is 0.547. The molecule has 156 valence electrons. The van der Waals surface area contributed by atoms with Crippen molar-refractivity contribution in [2.75, 3.05) is 43.1 Å². The summed E-state index contributed by atoms with van der Waals surface area (Å²) in [6, 6.07) is 12.7. The van der Waals surface area contributed by atoms with Gasteiger partial charge in [-0.05, 0) is 36.4 Å². The summed E-state index contributed by atoms with van der Waals surface area (Å²) in [4.78, 5) is 27.0. The van der Waals surface area contributed by atoms with Gasteiger partial charge < -0.3 is 19.7 Å². The van der Waals surface area contributed by atoms with Crippen molar-refractivity contribution < 1.29 is 19.1 Å². The third kappa shape index (κ3) is 4.70. The van der Waals surface area contributed by atoms with Crippen LogP contribution in [0.3, 0.4) is 0 Å². The predicted molar refractivity (Wildman–Crippen MR) is 120 cm³/mol. The molecule has 1 aliphatic heterocycles. The molecule has 1 amide bonds. The zero-order valence-corrected chi connectivity index (χ0v) is 18.1. The van der Waals surface area contributed by atoms with Gasteiger partial charge in [0.1, 0.15) is 4.88 Å². The van der Waals surface area contributed by atoms with E-state index in [-0.39, 0.29) is 4.88 Å². The topological polar surface area (TPSA) is 67.9 Å². The Morgan fingerprint density at radius 2 is 1.83 bits per heavy atom. The lowest BCUT2D eigenvalue weighted by Gasteiger charge is -2.28. The van der Waals surface area contributed by atoms with Gasteiger partial charge in [-0.15, -0.1) is 11.3 Å². The Labute approximate surface area is 187 Å². The smallest absolute Gasteiger partial charge is 0.350 e. The number of nitrogens with zero attached hydrogens (tertiary/aromatic N) is 1. The summed E-state index contributed by atoms with van der Waals surface area (Å²) in [5, 5.41) is 4.30. The highest BCUT2D eigenvalue weighted by Gasteiger charge is 2.20. The van der Waals surface area contributed by atoms with Gasteiger partial charge in [0.05, 0.1) is 18.2 Å². The van der Waals surface area contributed by atoms with Crippen LogP contribution in [0, 0.1) is 0 Å². The number of esters is 1. The molecule has 30 heavy (non-hydrogen) atoms. The molecule has 9 heteroatoms. The summed E-state index contributed by atoms with van der Waals surface area (Å²) in [6.07, 6.45) is 0. The predicted octanol–water partition coefficient (Wildman–Crippen LogP) is 4.84. The van der Waals surface area contributed by atoms with Crippen molar-refractivity contribution >= 4 is 67.9 Å². The van der Waals surface area contributed by atoms with Crippen molar-refractivity contribution in [2.45, 2.75) is 0 Å². The molecule has 0 bridgehead atoms. The first kappa shape index (κ1) is 20.9. The first-order chi connectivity index (χ1) is 14.5. The largest absolute Gasteiger partial charge is 0.451 e. The minimum absolute atomic E-state index is 0.247. The van der Waals surface area contributed by atoms with Crippen molar-refractivity contribution in [1.29, 1.82) is 0 Å². The lowest BCUT2D eigenvalue weighted by molar-refractivity contribution is -0.119. The van der Waals surface area contributed by atoms with E-state index >= 15 is 0 Å². The van der Waals surface area contributed by atoms with Gasteiger partial charge in [-0.25, -0.2) is 4.79 Å². The normalized spacial score (nSPS) is 14.0. The molecule has 0 unspecified atom stereocenters. The second kappa shape index (κ2) is 9.22. The van der Waals surface area contributed by atoms with E-state index in [1.807, 2.05) is 24.3 Å². The molecule has 1 aromatic heterocycles. The number of benzene rings is 2. The van der Waals surface area contributed by atoms with Gasteiger partial charge in [0.25, 0.3) is 5.91 Å². The highest BCUT2D eigenvalue weighted by molar-refractivity contribution is 7.21. The summed E-state index contributed by atoms with van der Waals surface area (Å²) < 4.78 is 11.3. The number of morpholine rings is 1. The van der Waals surface area contributed by atoms with E-state index in [9.17, 15) is 9.59 Å². The van der Waals surface area contributed by atoms with E-state index in [0.717, 1.165) is 28.9 Å². The second-order valence-electron chi connectivity index (χ2n) is 6.66. The summed E-state index contributed by atoms with van der Waals surface area (Å²) in [5.41, 5.74) is 1.70. The Morgan fingerprint density at radius 1 is 1.10 bits per heavy atom. The number of hydrogen-bond donors (Lipinski definition) is 1. The van der Waals surface area contributed by atoms with Crippen LogP contribution >= 0.6 is 34.5 Å². The molecule has 0 spiro atoms. The van der Waals surface area contributed by atoms with Crippen LogP contribution in [0.15, 0.2) is 42.5 Å². The zero-order valence-electron chi connectivity index (χ0n) is 15.8. The maximum Gasteiger partial charge on any atom is 0.350 e. The van der Waals surface area contributed by atoms with Crippen molar-refractivity contribution in [1.82, 2.24) is 0 Å². The fourth-order valence-corrected chi connectivity index (χ4v) is 4.82. The van der Waals surface area contributed by atoms with Crippen LogP contribution in [0.1, 0.15) is 9.67 Å². The third-order valence-corrected chi connectivity index (χ3v) is 6.51.